The Morgan fingerprint density at radius 3 is 2.58 bits per heavy atom. The van der Waals surface area contributed by atoms with Crippen molar-refractivity contribution in [1.82, 2.24) is 4.90 Å². The maximum Gasteiger partial charge on any atom is 0.261 e. The highest BCUT2D eigenvalue weighted by molar-refractivity contribution is 6.20. The van der Waals surface area contributed by atoms with Crippen LogP contribution in [-0.2, 0) is 16.0 Å². The number of carbonyl (C=O) groups excluding carboxylic acids is 2. The van der Waals surface area contributed by atoms with Crippen LogP contribution in [0.1, 0.15) is 19.4 Å². The molecule has 0 bridgehead atoms. The van der Waals surface area contributed by atoms with Crippen LogP contribution < -0.4 is 0 Å². The number of carbonyl (C=O) groups is 2. The van der Waals surface area contributed by atoms with Crippen LogP contribution in [0.4, 0.5) is 8.78 Å². The van der Waals surface area contributed by atoms with Crippen molar-refractivity contribution in [3.63, 3.8) is 0 Å². The zero-order valence-electron chi connectivity index (χ0n) is 13.5. The van der Waals surface area contributed by atoms with Crippen LogP contribution in [-0.4, -0.2) is 23.3 Å². The van der Waals surface area contributed by atoms with Crippen molar-refractivity contribution in [3.8, 4) is 12.3 Å². The minimum absolute atomic E-state index is 0.105. The number of terminal acetylenes is 1. The summed E-state index contributed by atoms with van der Waals surface area (Å²) in [6.07, 6.45) is 8.38. The third-order valence-corrected chi connectivity index (χ3v) is 3.85. The van der Waals surface area contributed by atoms with E-state index in [2.05, 4.69) is 5.92 Å². The van der Waals surface area contributed by atoms with Crippen molar-refractivity contribution in [2.24, 2.45) is 5.92 Å². The van der Waals surface area contributed by atoms with Crippen LogP contribution in [0, 0.1) is 29.9 Å². The lowest BCUT2D eigenvalue weighted by Gasteiger charge is -2.20. The Bertz CT molecular complexity index is 787. The lowest BCUT2D eigenvalue weighted by atomic mass is 10.0. The van der Waals surface area contributed by atoms with E-state index in [4.69, 9.17) is 6.42 Å². The van der Waals surface area contributed by atoms with Crippen molar-refractivity contribution in [2.75, 3.05) is 6.54 Å². The molecule has 1 aliphatic heterocycles. The van der Waals surface area contributed by atoms with Gasteiger partial charge in [0.15, 0.2) is 11.6 Å². The minimum atomic E-state index is -0.910. The lowest BCUT2D eigenvalue weighted by molar-refractivity contribution is -0.138. The first-order valence-corrected chi connectivity index (χ1v) is 7.48. The second-order valence-electron chi connectivity index (χ2n) is 5.82. The molecule has 0 fully saturated rings. The maximum atomic E-state index is 13.3. The van der Waals surface area contributed by atoms with Gasteiger partial charge in [-0.3, -0.25) is 14.5 Å². The largest absolute Gasteiger partial charge is 0.274 e. The first-order valence-electron chi connectivity index (χ1n) is 7.48. The van der Waals surface area contributed by atoms with E-state index < -0.39 is 11.6 Å². The van der Waals surface area contributed by atoms with Crippen LogP contribution in [0.2, 0.25) is 0 Å². The molecule has 1 aromatic rings. The first kappa shape index (κ1) is 17.6. The maximum absolute atomic E-state index is 13.3. The van der Waals surface area contributed by atoms with E-state index in [0.717, 1.165) is 17.0 Å². The number of hydrogen-bond acceptors (Lipinski definition) is 2. The van der Waals surface area contributed by atoms with Gasteiger partial charge >= 0.3 is 0 Å². The third-order valence-electron chi connectivity index (χ3n) is 3.85. The highest BCUT2D eigenvalue weighted by Crippen LogP contribution is 2.23. The smallest absolute Gasteiger partial charge is 0.261 e. The van der Waals surface area contributed by atoms with Crippen LogP contribution in [0.5, 0.6) is 0 Å². The van der Waals surface area contributed by atoms with Crippen molar-refractivity contribution in [1.29, 1.82) is 0 Å². The van der Waals surface area contributed by atoms with Crippen LogP contribution in [0.3, 0.4) is 0 Å². The van der Waals surface area contributed by atoms with E-state index in [1.54, 1.807) is 6.92 Å². The van der Waals surface area contributed by atoms with Crippen molar-refractivity contribution >= 4 is 11.8 Å². The van der Waals surface area contributed by atoms with Crippen LogP contribution in [0.15, 0.2) is 41.5 Å². The fourth-order valence-corrected chi connectivity index (χ4v) is 2.65. The average molecular weight is 329 g/mol. The van der Waals surface area contributed by atoms with E-state index in [9.17, 15) is 18.4 Å². The van der Waals surface area contributed by atoms with E-state index in [0.29, 0.717) is 17.6 Å². The number of nitrogens with zero attached hydrogens (tertiary/aromatic N) is 1. The van der Waals surface area contributed by atoms with E-state index in [-0.39, 0.29) is 29.9 Å². The van der Waals surface area contributed by atoms with Gasteiger partial charge in [0.25, 0.3) is 11.8 Å². The fraction of sp³-hybridized carbons (Fsp3) is 0.263. The molecule has 1 aliphatic rings. The van der Waals surface area contributed by atoms with Gasteiger partial charge in [0.05, 0.1) is 0 Å². The van der Waals surface area contributed by atoms with Gasteiger partial charge in [-0.1, -0.05) is 18.9 Å². The number of amides is 2. The van der Waals surface area contributed by atoms with Gasteiger partial charge in [-0.05, 0) is 49.1 Å². The third kappa shape index (κ3) is 3.60. The first-order chi connectivity index (χ1) is 11.3. The van der Waals surface area contributed by atoms with E-state index in [1.807, 2.05) is 6.92 Å². The van der Waals surface area contributed by atoms with E-state index >= 15 is 0 Å². The standard InChI is InChI=1S/C19H17F2NO2/c1-4-5-6-15-13(3)18(23)22(19(15)24)11-12(2)9-14-7-8-16(20)17(21)10-14/h1,5-8,10,12H,9,11H2,2-3H3/b6-5-. The number of allylic oxidation sites excluding steroid dienone is 1. The molecular weight excluding hydrogens is 312 g/mol. The fourth-order valence-electron chi connectivity index (χ4n) is 2.65. The summed E-state index contributed by atoms with van der Waals surface area (Å²) in [5.74, 6) is -0.372. The average Bonchev–Trinajstić information content (AvgIpc) is 2.73. The summed E-state index contributed by atoms with van der Waals surface area (Å²) in [7, 11) is 0. The molecule has 0 saturated heterocycles. The Morgan fingerprint density at radius 1 is 1.25 bits per heavy atom. The van der Waals surface area contributed by atoms with Gasteiger partial charge < -0.3 is 0 Å². The molecule has 0 spiro atoms. The molecule has 3 nitrogen and oxygen atoms in total. The molecule has 124 valence electrons. The molecule has 0 radical (unpaired) electrons. The topological polar surface area (TPSA) is 37.4 Å². The van der Waals surface area contributed by atoms with Gasteiger partial charge in [0.1, 0.15) is 0 Å². The Kier molecular flexibility index (Phi) is 5.30. The van der Waals surface area contributed by atoms with Crippen molar-refractivity contribution < 1.29 is 18.4 Å². The summed E-state index contributed by atoms with van der Waals surface area (Å²) >= 11 is 0. The normalized spacial score (nSPS) is 16.2. The number of benzene rings is 1. The zero-order valence-corrected chi connectivity index (χ0v) is 13.5. The molecule has 1 aromatic carbocycles. The molecule has 0 aliphatic carbocycles. The summed E-state index contributed by atoms with van der Waals surface area (Å²) in [5.41, 5.74) is 1.25. The molecule has 0 aromatic heterocycles. The summed E-state index contributed by atoms with van der Waals surface area (Å²) < 4.78 is 26.2. The Morgan fingerprint density at radius 2 is 1.96 bits per heavy atom. The highest BCUT2D eigenvalue weighted by Gasteiger charge is 2.35. The number of hydrogen-bond donors (Lipinski definition) is 0. The molecule has 1 unspecified atom stereocenters. The number of imide groups is 1. The predicted molar refractivity (Wildman–Crippen MR) is 86.6 cm³/mol. The molecule has 0 N–H and O–H groups in total. The number of rotatable bonds is 5. The van der Waals surface area contributed by atoms with Gasteiger partial charge in [0.2, 0.25) is 0 Å². The zero-order chi connectivity index (χ0) is 17.9. The Labute approximate surface area is 139 Å². The second-order valence-corrected chi connectivity index (χ2v) is 5.82. The van der Waals surface area contributed by atoms with Crippen molar-refractivity contribution in [2.45, 2.75) is 20.3 Å². The summed E-state index contributed by atoms with van der Waals surface area (Å²) in [6, 6.07) is 3.69. The number of halogens is 2. The highest BCUT2D eigenvalue weighted by atomic mass is 19.2. The molecule has 2 amide bonds. The molecule has 2 rings (SSSR count). The molecular formula is C19H17F2NO2. The SMILES string of the molecule is C#C/C=C\C1=C(C)C(=O)N(CC(C)Cc2ccc(F)c(F)c2)C1=O. The minimum Gasteiger partial charge on any atom is -0.274 e. The monoisotopic (exact) mass is 329 g/mol. The van der Waals surface area contributed by atoms with Gasteiger partial charge in [0, 0.05) is 17.7 Å². The molecule has 5 heteroatoms. The lowest BCUT2D eigenvalue weighted by Crippen LogP contribution is -2.35. The second kappa shape index (κ2) is 7.22. The summed E-state index contributed by atoms with van der Waals surface area (Å²) in [4.78, 5) is 25.7. The molecule has 24 heavy (non-hydrogen) atoms. The van der Waals surface area contributed by atoms with Gasteiger partial charge in [-0.2, -0.15) is 0 Å². The summed E-state index contributed by atoms with van der Waals surface area (Å²) in [5, 5.41) is 0. The van der Waals surface area contributed by atoms with Gasteiger partial charge in [-0.25, -0.2) is 8.78 Å². The Balaban J connectivity index is 2.07. The molecule has 0 saturated carbocycles. The van der Waals surface area contributed by atoms with E-state index in [1.165, 1.54) is 18.2 Å². The van der Waals surface area contributed by atoms with Crippen molar-refractivity contribution in [3.05, 3.63) is 58.7 Å². The Hall–Kier alpha value is -2.74. The predicted octanol–water partition coefficient (Wildman–Crippen LogP) is 3.02. The molecule has 1 heterocycles. The van der Waals surface area contributed by atoms with Crippen LogP contribution in [0.25, 0.3) is 0 Å². The quantitative estimate of drug-likeness (QED) is 0.615. The van der Waals surface area contributed by atoms with Crippen LogP contribution >= 0.6 is 0 Å². The molecule has 1 atom stereocenters. The van der Waals surface area contributed by atoms with Gasteiger partial charge in [-0.15, -0.1) is 6.42 Å². The summed E-state index contributed by atoms with van der Waals surface area (Å²) in [6.45, 7) is 3.62.